The summed E-state index contributed by atoms with van der Waals surface area (Å²) in [4.78, 5) is 0. The zero-order chi connectivity index (χ0) is 30.8. The molecule has 46 heavy (non-hydrogen) atoms. The maximum absolute atomic E-state index is 3.94. The first-order valence-corrected chi connectivity index (χ1v) is 17.1. The third kappa shape index (κ3) is 4.25. The molecule has 0 saturated carbocycles. The van der Waals surface area contributed by atoms with Crippen molar-refractivity contribution in [1.82, 2.24) is 0 Å². The van der Waals surface area contributed by atoms with Gasteiger partial charge in [0.25, 0.3) is 0 Å². The van der Waals surface area contributed by atoms with Crippen molar-refractivity contribution in [3.05, 3.63) is 167 Å². The molecule has 216 valence electrons. The van der Waals surface area contributed by atoms with Gasteiger partial charge in [-0.25, -0.2) is 0 Å². The normalized spacial score (nSPS) is 11.7. The Hall–Kier alpha value is -4.76. The van der Waals surface area contributed by atoms with Gasteiger partial charge < -0.3 is 0 Å². The molecule has 0 atom stereocenters. The van der Waals surface area contributed by atoms with Gasteiger partial charge in [-0.1, -0.05) is 177 Å². The lowest BCUT2D eigenvalue weighted by atomic mass is 9.88. The zero-order valence-electron chi connectivity index (χ0n) is 24.8. The summed E-state index contributed by atoms with van der Waals surface area (Å²) in [7, 11) is 0. The first-order chi connectivity index (χ1) is 22.7. The largest absolute Gasteiger partial charge is 0.0616 e. The number of hydrogen-bond donors (Lipinski definition) is 0. The lowest BCUT2D eigenvalue weighted by Gasteiger charge is -2.15. The van der Waals surface area contributed by atoms with Crippen LogP contribution in [0.2, 0.25) is 0 Å². The lowest BCUT2D eigenvalue weighted by Crippen LogP contribution is -1.87. The Bertz CT molecular complexity index is 2580. The van der Waals surface area contributed by atoms with Crippen molar-refractivity contribution in [3.8, 4) is 0 Å². The average Bonchev–Trinajstić information content (AvgIpc) is 3.10. The molecule has 10 aromatic carbocycles. The van der Waals surface area contributed by atoms with Crippen LogP contribution in [0.3, 0.4) is 0 Å². The van der Waals surface area contributed by atoms with Gasteiger partial charge in [0.05, 0.1) is 0 Å². The Kier molecular flexibility index (Phi) is 6.55. The highest BCUT2D eigenvalue weighted by Crippen LogP contribution is 2.44. The summed E-state index contributed by atoms with van der Waals surface area (Å²) < 4.78 is 2.19. The monoisotopic (exact) mass is 712 g/mol. The van der Waals surface area contributed by atoms with Crippen molar-refractivity contribution < 1.29 is 0 Å². The molecule has 0 aliphatic carbocycles. The molecule has 0 unspecified atom stereocenters. The van der Waals surface area contributed by atoms with Crippen LogP contribution in [-0.2, 0) is 0 Å². The van der Waals surface area contributed by atoms with Crippen LogP contribution < -0.4 is 0 Å². The molecule has 0 heterocycles. The van der Waals surface area contributed by atoms with E-state index in [-0.39, 0.29) is 0 Å². The summed E-state index contributed by atoms with van der Waals surface area (Å²) in [5.74, 6) is 0. The van der Waals surface area contributed by atoms with Crippen LogP contribution in [0.25, 0.3) is 86.2 Å². The Morgan fingerprint density at radius 2 is 0.500 bits per heavy atom. The minimum atomic E-state index is 1.09. The van der Waals surface area contributed by atoms with Gasteiger partial charge >= 0.3 is 0 Å². The van der Waals surface area contributed by atoms with Gasteiger partial charge in [-0.05, 0) is 98.3 Å². The molecule has 0 aliphatic heterocycles. The van der Waals surface area contributed by atoms with E-state index >= 15 is 0 Å². The molecule has 2 heteroatoms. The van der Waals surface area contributed by atoms with Crippen molar-refractivity contribution in [1.29, 1.82) is 0 Å². The highest BCUT2D eigenvalue weighted by Gasteiger charge is 2.16. The fourth-order valence-corrected chi connectivity index (χ4v) is 8.55. The summed E-state index contributed by atoms with van der Waals surface area (Å²) in [5.41, 5.74) is 0. The van der Waals surface area contributed by atoms with E-state index in [2.05, 4.69) is 190 Å². The van der Waals surface area contributed by atoms with Crippen molar-refractivity contribution >= 4 is 118 Å². The fraction of sp³-hybridized carbons (Fsp3) is 0. The van der Waals surface area contributed by atoms with Gasteiger partial charge in [0, 0.05) is 8.95 Å². The van der Waals surface area contributed by atoms with E-state index in [1.807, 2.05) is 0 Å². The second-order valence-corrected chi connectivity index (χ2v) is 13.6. The summed E-state index contributed by atoms with van der Waals surface area (Å²) in [6, 6.07) is 57.8. The smallest absolute Gasteiger partial charge is 0.0260 e. The highest BCUT2D eigenvalue weighted by atomic mass is 79.9. The first kappa shape index (κ1) is 27.5. The van der Waals surface area contributed by atoms with E-state index in [0.717, 1.165) is 8.95 Å². The Morgan fingerprint density at radius 3 is 0.848 bits per heavy atom. The van der Waals surface area contributed by atoms with Crippen molar-refractivity contribution in [2.75, 3.05) is 0 Å². The second kappa shape index (κ2) is 10.9. The highest BCUT2D eigenvalue weighted by molar-refractivity contribution is 9.11. The zero-order valence-corrected chi connectivity index (χ0v) is 27.9. The Morgan fingerprint density at radius 1 is 0.239 bits per heavy atom. The number of benzene rings is 8. The number of rotatable bonds is 0. The molecule has 0 N–H and O–H groups in total. The van der Waals surface area contributed by atoms with Gasteiger partial charge in [-0.15, -0.1) is 0 Å². The molecular formula is C44H26Br2. The molecule has 10 aromatic rings. The van der Waals surface area contributed by atoms with Gasteiger partial charge in [-0.3, -0.25) is 0 Å². The van der Waals surface area contributed by atoms with Crippen molar-refractivity contribution in [2.45, 2.75) is 0 Å². The molecule has 0 fully saturated rings. The molecular weight excluding hydrogens is 688 g/mol. The molecule has 0 spiro atoms. The van der Waals surface area contributed by atoms with Crippen LogP contribution in [-0.4, -0.2) is 0 Å². The minimum absolute atomic E-state index is 1.09. The predicted octanol–water partition coefficient (Wildman–Crippen LogP) is 14.1. The second-order valence-electron chi connectivity index (χ2n) is 11.9. The van der Waals surface area contributed by atoms with Crippen LogP contribution in [0.5, 0.6) is 0 Å². The topological polar surface area (TPSA) is 0 Å². The minimum Gasteiger partial charge on any atom is -0.0616 e. The van der Waals surface area contributed by atoms with Gasteiger partial charge in [-0.2, -0.15) is 0 Å². The summed E-state index contributed by atoms with van der Waals surface area (Å²) in [5, 5.41) is 19.6. The molecule has 0 saturated heterocycles. The predicted molar refractivity (Wildman–Crippen MR) is 208 cm³/mol. The third-order valence-corrected chi connectivity index (χ3v) is 10.7. The van der Waals surface area contributed by atoms with E-state index < -0.39 is 0 Å². The van der Waals surface area contributed by atoms with Gasteiger partial charge in [0.15, 0.2) is 0 Å². The van der Waals surface area contributed by atoms with Crippen LogP contribution in [0.15, 0.2) is 167 Å². The average molecular weight is 715 g/mol. The molecule has 0 aliphatic rings. The van der Waals surface area contributed by atoms with Gasteiger partial charge in [0.2, 0.25) is 0 Å². The standard InChI is InChI=1S/C44H26Br2/c45-39-25-29-23-21-27-11-1-2-12-28(27)22-24-30-26-40(46)32-14-4-6-16-34(32)42(30)44-37-19-9-7-17-35(37)43(36-18-8-10-20-38(36)44)41(29)33-15-5-3-13-31(33)39/h1-26H. The van der Waals surface area contributed by atoms with Crippen LogP contribution in [0.4, 0.5) is 0 Å². The van der Waals surface area contributed by atoms with Crippen LogP contribution in [0, 0.1) is 0 Å². The molecule has 0 aromatic heterocycles. The van der Waals surface area contributed by atoms with Crippen molar-refractivity contribution in [3.63, 3.8) is 0 Å². The molecule has 2 bridgehead atoms. The Labute approximate surface area is 283 Å². The van der Waals surface area contributed by atoms with E-state index in [0.29, 0.717) is 0 Å². The number of hydrogen-bond acceptors (Lipinski definition) is 0. The third-order valence-electron chi connectivity index (χ3n) is 9.36. The van der Waals surface area contributed by atoms with E-state index in [1.165, 1.54) is 86.2 Å². The maximum Gasteiger partial charge on any atom is 0.0260 e. The first-order valence-electron chi connectivity index (χ1n) is 15.5. The molecule has 0 nitrogen and oxygen atoms in total. The van der Waals surface area contributed by atoms with E-state index in [4.69, 9.17) is 0 Å². The summed E-state index contributed by atoms with van der Waals surface area (Å²) >= 11 is 7.88. The fourth-order valence-electron chi connectivity index (χ4n) is 7.36. The van der Waals surface area contributed by atoms with Crippen LogP contribution in [0.1, 0.15) is 0 Å². The van der Waals surface area contributed by atoms with Crippen LogP contribution >= 0.6 is 31.9 Å². The van der Waals surface area contributed by atoms with Gasteiger partial charge in [0.1, 0.15) is 0 Å². The molecule has 0 amide bonds. The lowest BCUT2D eigenvalue weighted by molar-refractivity contribution is 1.75. The number of fused-ring (bicyclic) bond motifs is 4. The Balaban J connectivity index is 1.74. The summed E-state index contributed by atoms with van der Waals surface area (Å²) in [6.45, 7) is 0. The maximum atomic E-state index is 3.94. The summed E-state index contributed by atoms with van der Waals surface area (Å²) in [6.07, 6.45) is 0. The SMILES string of the molecule is Brc1cc2ccc3ccccc3ccc3cc(Br)c4ccccc4c3c3c4ccccc4c(c4ccccc43)c2c2ccccc12. The number of halogens is 2. The molecule has 10 rings (SSSR count). The van der Waals surface area contributed by atoms with Crippen molar-refractivity contribution in [2.24, 2.45) is 0 Å². The van der Waals surface area contributed by atoms with E-state index in [9.17, 15) is 0 Å². The quantitative estimate of drug-likeness (QED) is 0.137. The van der Waals surface area contributed by atoms with E-state index in [1.54, 1.807) is 0 Å². The molecule has 0 radical (unpaired) electrons.